The first-order valence-corrected chi connectivity index (χ1v) is 2.27. The summed E-state index contributed by atoms with van der Waals surface area (Å²) in [5.41, 5.74) is 1.56. The Morgan fingerprint density at radius 2 is 2.09 bits per heavy atom. The molecule has 0 aromatic heterocycles. The molecule has 7 heteroatoms. The Morgan fingerprint density at radius 3 is 2.45 bits per heavy atom. The normalized spacial score (nSPS) is 7.27. The standard InChI is InChI=1S/C4H5NO5.K.H/c6-2-5-10-4(9)1-3(7)8;;/h2H,1H2,(H,5,6)(H,7,8);;. The molecule has 0 aromatic carbocycles. The second-order valence-corrected chi connectivity index (χ2v) is 1.28. The summed E-state index contributed by atoms with van der Waals surface area (Å²) in [5.74, 6) is -2.32. The predicted molar refractivity (Wildman–Crippen MR) is 34.7 cm³/mol. The van der Waals surface area contributed by atoms with Crippen molar-refractivity contribution in [3.05, 3.63) is 0 Å². The maximum atomic E-state index is 10.2. The number of aliphatic carboxylic acids is 1. The third kappa shape index (κ3) is 10.0. The molecule has 1 amide bonds. The van der Waals surface area contributed by atoms with Crippen LogP contribution in [0, 0.1) is 0 Å². The van der Waals surface area contributed by atoms with E-state index < -0.39 is 18.4 Å². The zero-order valence-electron chi connectivity index (χ0n) is 4.86. The molecule has 0 saturated carbocycles. The maximum absolute atomic E-state index is 10.2. The van der Waals surface area contributed by atoms with Crippen molar-refractivity contribution in [1.29, 1.82) is 0 Å². The summed E-state index contributed by atoms with van der Waals surface area (Å²) in [4.78, 5) is 33.3. The molecule has 0 bridgehead atoms. The number of rotatable bonds is 4. The van der Waals surface area contributed by atoms with E-state index >= 15 is 0 Å². The van der Waals surface area contributed by atoms with Crippen LogP contribution in [0.2, 0.25) is 0 Å². The summed E-state index contributed by atoms with van der Waals surface area (Å²) in [7, 11) is 0. The van der Waals surface area contributed by atoms with E-state index in [2.05, 4.69) is 4.84 Å². The number of hydroxylamine groups is 1. The minimum absolute atomic E-state index is 0. The van der Waals surface area contributed by atoms with Crippen molar-refractivity contribution >= 4 is 69.7 Å². The third-order valence-corrected chi connectivity index (χ3v) is 0.516. The van der Waals surface area contributed by atoms with Crippen molar-refractivity contribution in [1.82, 2.24) is 5.48 Å². The number of nitrogens with one attached hydrogen (secondary N) is 1. The van der Waals surface area contributed by atoms with E-state index in [0.29, 0.717) is 0 Å². The molecular formula is C4H6KNO5. The van der Waals surface area contributed by atoms with Crippen molar-refractivity contribution in [2.45, 2.75) is 6.42 Å². The van der Waals surface area contributed by atoms with E-state index in [4.69, 9.17) is 5.11 Å². The Hall–Kier alpha value is 0.0464. The van der Waals surface area contributed by atoms with Gasteiger partial charge in [0.1, 0.15) is 6.42 Å². The fourth-order valence-corrected chi connectivity index (χ4v) is 0.249. The Labute approximate surface area is 105 Å². The number of hydrogen-bond donors (Lipinski definition) is 2. The fourth-order valence-electron chi connectivity index (χ4n) is 0.249. The minimum atomic E-state index is -1.31. The first kappa shape index (κ1) is 13.6. The summed E-state index contributed by atoms with van der Waals surface area (Å²) >= 11 is 0. The molecule has 2 N–H and O–H groups in total. The molecule has 0 radical (unpaired) electrons. The topological polar surface area (TPSA) is 92.7 Å². The van der Waals surface area contributed by atoms with Crippen molar-refractivity contribution in [2.75, 3.05) is 0 Å². The van der Waals surface area contributed by atoms with Gasteiger partial charge in [0, 0.05) is 0 Å². The first-order chi connectivity index (χ1) is 4.66. The fraction of sp³-hybridized carbons (Fsp3) is 0.250. The molecule has 0 aromatic rings. The third-order valence-electron chi connectivity index (χ3n) is 0.516. The molecule has 0 saturated heterocycles. The van der Waals surface area contributed by atoms with E-state index in [9.17, 15) is 14.4 Å². The number of amides is 1. The summed E-state index contributed by atoms with van der Waals surface area (Å²) in [6.45, 7) is 0. The molecule has 0 atom stereocenters. The van der Waals surface area contributed by atoms with Crippen molar-refractivity contribution < 1.29 is 24.3 Å². The van der Waals surface area contributed by atoms with Gasteiger partial charge >= 0.3 is 63.3 Å². The van der Waals surface area contributed by atoms with Crippen LogP contribution in [-0.4, -0.2) is 74.8 Å². The zero-order valence-corrected chi connectivity index (χ0v) is 4.86. The molecule has 0 aliphatic heterocycles. The van der Waals surface area contributed by atoms with Crippen LogP contribution in [0.25, 0.3) is 0 Å². The second-order valence-electron chi connectivity index (χ2n) is 1.28. The SMILES string of the molecule is O=CNOC(=O)CC(=O)O.[KH]. The Kier molecular flexibility index (Phi) is 10.1. The number of carbonyl (C=O) groups is 3. The summed E-state index contributed by atoms with van der Waals surface area (Å²) in [6.07, 6.45) is -0.638. The Morgan fingerprint density at radius 1 is 1.55 bits per heavy atom. The van der Waals surface area contributed by atoms with Crippen LogP contribution in [0.4, 0.5) is 0 Å². The van der Waals surface area contributed by atoms with Gasteiger partial charge in [0.05, 0.1) is 0 Å². The van der Waals surface area contributed by atoms with Gasteiger partial charge in [0.2, 0.25) is 6.41 Å². The van der Waals surface area contributed by atoms with Gasteiger partial charge in [-0.05, 0) is 0 Å². The molecule has 0 fully saturated rings. The quantitative estimate of drug-likeness (QED) is 0.230. The molecule has 0 unspecified atom stereocenters. The monoisotopic (exact) mass is 187 g/mol. The van der Waals surface area contributed by atoms with Crippen molar-refractivity contribution in [2.24, 2.45) is 0 Å². The van der Waals surface area contributed by atoms with Crippen LogP contribution < -0.4 is 5.48 Å². The predicted octanol–water partition coefficient (Wildman–Crippen LogP) is -1.98. The van der Waals surface area contributed by atoms with Crippen molar-refractivity contribution in [3.63, 3.8) is 0 Å². The summed E-state index contributed by atoms with van der Waals surface area (Å²) < 4.78 is 0. The molecule has 0 spiro atoms. The second kappa shape index (κ2) is 8.15. The molecule has 0 aliphatic carbocycles. The van der Waals surface area contributed by atoms with Crippen LogP contribution in [0.5, 0.6) is 0 Å². The van der Waals surface area contributed by atoms with E-state index in [0.717, 1.165) is 0 Å². The molecule has 6 nitrogen and oxygen atoms in total. The summed E-state index contributed by atoms with van der Waals surface area (Å²) in [6, 6.07) is 0. The van der Waals surface area contributed by atoms with Crippen LogP contribution in [0.15, 0.2) is 0 Å². The average molecular weight is 187 g/mol. The Bertz CT molecular complexity index is 159. The molecular weight excluding hydrogens is 181 g/mol. The van der Waals surface area contributed by atoms with E-state index in [1.807, 2.05) is 0 Å². The van der Waals surface area contributed by atoms with Crippen molar-refractivity contribution in [3.8, 4) is 0 Å². The van der Waals surface area contributed by atoms with Gasteiger partial charge in [0.15, 0.2) is 0 Å². The Balaban J connectivity index is 0. The van der Waals surface area contributed by atoms with Gasteiger partial charge in [-0.15, -0.1) is 0 Å². The van der Waals surface area contributed by atoms with Crippen LogP contribution in [0.1, 0.15) is 6.42 Å². The zero-order chi connectivity index (χ0) is 7.98. The number of hydrogen-bond acceptors (Lipinski definition) is 4. The van der Waals surface area contributed by atoms with Gasteiger partial charge < -0.3 is 9.94 Å². The molecule has 11 heavy (non-hydrogen) atoms. The van der Waals surface area contributed by atoms with Crippen LogP contribution >= 0.6 is 0 Å². The van der Waals surface area contributed by atoms with Gasteiger partial charge in [-0.1, -0.05) is 0 Å². The van der Waals surface area contributed by atoms with E-state index in [1.165, 1.54) is 0 Å². The van der Waals surface area contributed by atoms with Gasteiger partial charge in [-0.25, -0.2) is 4.79 Å². The molecule has 0 aliphatic rings. The first-order valence-electron chi connectivity index (χ1n) is 2.27. The van der Waals surface area contributed by atoms with E-state index in [-0.39, 0.29) is 57.8 Å². The van der Waals surface area contributed by atoms with E-state index in [1.54, 1.807) is 5.48 Å². The molecule has 58 valence electrons. The van der Waals surface area contributed by atoms with Gasteiger partial charge in [-0.3, -0.25) is 9.59 Å². The van der Waals surface area contributed by atoms with Crippen LogP contribution in [0.3, 0.4) is 0 Å². The van der Waals surface area contributed by atoms with Crippen LogP contribution in [-0.2, 0) is 19.2 Å². The number of carboxylic acid groups (broad SMARTS) is 1. The molecule has 0 rings (SSSR count). The average Bonchev–Trinajstić information content (AvgIpc) is 1.82. The van der Waals surface area contributed by atoms with Gasteiger partial charge in [-0.2, -0.15) is 5.48 Å². The molecule has 0 heterocycles. The number of carboxylic acids is 1. The number of carbonyl (C=O) groups excluding carboxylic acids is 2. The van der Waals surface area contributed by atoms with Gasteiger partial charge in [0.25, 0.3) is 0 Å². The summed E-state index contributed by atoms with van der Waals surface area (Å²) in [5, 5.41) is 7.97.